The van der Waals surface area contributed by atoms with Crippen molar-refractivity contribution in [2.75, 3.05) is 0 Å². The number of allylic oxidation sites excluding steroid dienone is 2. The van der Waals surface area contributed by atoms with Gasteiger partial charge in [-0.2, -0.15) is 0 Å². The molecule has 1 aliphatic heterocycles. The fourth-order valence-corrected chi connectivity index (χ4v) is 3.20. The minimum Gasteiger partial charge on any atom is -0.510 e. The van der Waals surface area contributed by atoms with Gasteiger partial charge in [-0.25, -0.2) is 0 Å². The summed E-state index contributed by atoms with van der Waals surface area (Å²) in [4.78, 5) is 38.4. The number of fused-ring (bicyclic) bond motifs is 1. The second-order valence-corrected chi connectivity index (χ2v) is 6.07. The van der Waals surface area contributed by atoms with E-state index in [0.29, 0.717) is 18.4 Å². The lowest BCUT2D eigenvalue weighted by Crippen LogP contribution is -2.39. The first-order valence-corrected chi connectivity index (χ1v) is 8.37. The third kappa shape index (κ3) is 2.75. The summed E-state index contributed by atoms with van der Waals surface area (Å²) < 4.78 is 0. The number of amides is 2. The van der Waals surface area contributed by atoms with E-state index in [1.165, 1.54) is 4.90 Å². The zero-order valence-electron chi connectivity index (χ0n) is 14.2. The predicted octanol–water partition coefficient (Wildman–Crippen LogP) is 3.69. The molecule has 0 spiro atoms. The SMILES string of the molecule is CCC(CC)N1C(=O)c2cccc(N=NC3=C(O)CCC3=O)c2C1=O. The number of ketones is 1. The minimum atomic E-state index is -0.390. The second-order valence-electron chi connectivity index (χ2n) is 6.07. The number of aliphatic hydroxyl groups excluding tert-OH is 1. The molecule has 7 heteroatoms. The number of carbonyl (C=O) groups excluding carboxylic acids is 3. The summed E-state index contributed by atoms with van der Waals surface area (Å²) in [5, 5.41) is 17.5. The number of benzene rings is 1. The largest absolute Gasteiger partial charge is 0.510 e. The normalized spacial score (nSPS) is 17.6. The lowest BCUT2D eigenvalue weighted by molar-refractivity contribution is -0.115. The molecule has 2 aliphatic rings. The number of Topliss-reactive ketones (excluding diaryl/α,β-unsaturated/α-hetero) is 1. The number of nitrogens with zero attached hydrogens (tertiary/aromatic N) is 3. The molecule has 1 heterocycles. The number of azo groups is 1. The fraction of sp³-hybridized carbons (Fsp3) is 0.389. The molecule has 0 radical (unpaired) electrons. The highest BCUT2D eigenvalue weighted by molar-refractivity contribution is 6.23. The molecule has 0 atom stereocenters. The maximum Gasteiger partial charge on any atom is 0.264 e. The summed E-state index contributed by atoms with van der Waals surface area (Å²) in [5.74, 6) is -1.10. The van der Waals surface area contributed by atoms with Gasteiger partial charge in [0.15, 0.2) is 11.5 Å². The average Bonchev–Trinajstić information content (AvgIpc) is 3.06. The van der Waals surface area contributed by atoms with Crippen LogP contribution in [0, 0.1) is 0 Å². The number of imide groups is 1. The van der Waals surface area contributed by atoms with Crippen molar-refractivity contribution < 1.29 is 19.5 Å². The molecule has 7 nitrogen and oxygen atoms in total. The Kier molecular flexibility index (Phi) is 4.48. The smallest absolute Gasteiger partial charge is 0.264 e. The van der Waals surface area contributed by atoms with E-state index in [-0.39, 0.29) is 59.2 Å². The van der Waals surface area contributed by atoms with E-state index < -0.39 is 0 Å². The van der Waals surface area contributed by atoms with Gasteiger partial charge in [0.05, 0.1) is 16.8 Å². The van der Waals surface area contributed by atoms with E-state index in [4.69, 9.17) is 0 Å². The van der Waals surface area contributed by atoms with Crippen LogP contribution in [0.3, 0.4) is 0 Å². The number of hydrogen-bond donors (Lipinski definition) is 1. The summed E-state index contributed by atoms with van der Waals surface area (Å²) in [6, 6.07) is 4.62. The summed E-state index contributed by atoms with van der Waals surface area (Å²) in [7, 11) is 0. The lowest BCUT2D eigenvalue weighted by Gasteiger charge is -2.23. The Labute approximate surface area is 145 Å². The van der Waals surface area contributed by atoms with Crippen LogP contribution in [0.2, 0.25) is 0 Å². The van der Waals surface area contributed by atoms with Crippen molar-refractivity contribution >= 4 is 23.3 Å². The van der Waals surface area contributed by atoms with Crippen LogP contribution in [0.25, 0.3) is 0 Å². The Morgan fingerprint density at radius 3 is 2.40 bits per heavy atom. The second kappa shape index (κ2) is 6.58. The zero-order chi connectivity index (χ0) is 18.1. The maximum absolute atomic E-state index is 12.8. The van der Waals surface area contributed by atoms with Crippen molar-refractivity contribution in [3.63, 3.8) is 0 Å². The number of hydrogen-bond acceptors (Lipinski definition) is 6. The standard InChI is InChI=1S/C18H19N3O4/c1-3-10(4-2)21-17(24)11-6-5-7-12(15(11)18(21)25)19-20-16-13(22)8-9-14(16)23/h5-7,10,22H,3-4,8-9H2,1-2H3. The topological polar surface area (TPSA) is 99.4 Å². The molecule has 0 bridgehead atoms. The van der Waals surface area contributed by atoms with Crippen LogP contribution in [0.5, 0.6) is 0 Å². The molecular weight excluding hydrogens is 322 g/mol. The highest BCUT2D eigenvalue weighted by Gasteiger charge is 2.40. The quantitative estimate of drug-likeness (QED) is 0.652. The number of rotatable bonds is 5. The molecule has 3 rings (SSSR count). The molecule has 0 saturated heterocycles. The third-order valence-corrected chi connectivity index (χ3v) is 4.62. The maximum atomic E-state index is 12.8. The third-order valence-electron chi connectivity index (χ3n) is 4.62. The van der Waals surface area contributed by atoms with Gasteiger partial charge in [0.25, 0.3) is 11.8 Å². The Bertz CT molecular complexity index is 822. The van der Waals surface area contributed by atoms with Crippen LogP contribution in [0.15, 0.2) is 39.9 Å². The monoisotopic (exact) mass is 341 g/mol. The Balaban J connectivity index is 2.00. The van der Waals surface area contributed by atoms with Gasteiger partial charge in [0.2, 0.25) is 0 Å². The van der Waals surface area contributed by atoms with Gasteiger partial charge in [-0.05, 0) is 25.0 Å². The molecule has 1 N–H and O–H groups in total. The Hall–Kier alpha value is -2.83. The van der Waals surface area contributed by atoms with Crippen molar-refractivity contribution in [3.05, 3.63) is 40.8 Å². The van der Waals surface area contributed by atoms with Crippen LogP contribution in [0.1, 0.15) is 60.2 Å². The average molecular weight is 341 g/mol. The Morgan fingerprint density at radius 2 is 1.80 bits per heavy atom. The van der Waals surface area contributed by atoms with Gasteiger partial charge in [0.1, 0.15) is 5.76 Å². The van der Waals surface area contributed by atoms with Crippen molar-refractivity contribution in [1.82, 2.24) is 4.90 Å². The van der Waals surface area contributed by atoms with Gasteiger partial charge in [-0.1, -0.05) is 19.9 Å². The molecular formula is C18H19N3O4. The zero-order valence-corrected chi connectivity index (χ0v) is 14.2. The first-order chi connectivity index (χ1) is 12.0. The van der Waals surface area contributed by atoms with E-state index in [1.807, 2.05) is 13.8 Å². The van der Waals surface area contributed by atoms with Crippen LogP contribution >= 0.6 is 0 Å². The molecule has 2 amide bonds. The van der Waals surface area contributed by atoms with E-state index in [2.05, 4.69) is 10.2 Å². The molecule has 0 saturated carbocycles. The summed E-state index contributed by atoms with van der Waals surface area (Å²) >= 11 is 0. The molecule has 130 valence electrons. The number of carbonyl (C=O) groups is 3. The van der Waals surface area contributed by atoms with Crippen molar-refractivity contribution in [3.8, 4) is 0 Å². The molecule has 25 heavy (non-hydrogen) atoms. The van der Waals surface area contributed by atoms with Crippen LogP contribution in [-0.2, 0) is 4.79 Å². The Morgan fingerprint density at radius 1 is 1.08 bits per heavy atom. The van der Waals surface area contributed by atoms with Gasteiger partial charge in [0, 0.05) is 18.9 Å². The van der Waals surface area contributed by atoms with Crippen molar-refractivity contribution in [1.29, 1.82) is 0 Å². The molecule has 1 aromatic carbocycles. The van der Waals surface area contributed by atoms with Crippen LogP contribution in [0.4, 0.5) is 5.69 Å². The van der Waals surface area contributed by atoms with Gasteiger partial charge in [-0.3, -0.25) is 19.3 Å². The molecule has 1 aliphatic carbocycles. The van der Waals surface area contributed by atoms with E-state index in [0.717, 1.165) is 0 Å². The molecule has 0 aromatic heterocycles. The minimum absolute atomic E-state index is 0.0776. The van der Waals surface area contributed by atoms with Crippen LogP contribution in [-0.4, -0.2) is 33.6 Å². The van der Waals surface area contributed by atoms with E-state index >= 15 is 0 Å². The molecule has 1 aromatic rings. The van der Waals surface area contributed by atoms with Gasteiger partial charge in [-0.15, -0.1) is 10.2 Å². The van der Waals surface area contributed by atoms with Crippen molar-refractivity contribution in [2.24, 2.45) is 10.2 Å². The summed E-state index contributed by atoms with van der Waals surface area (Å²) in [6.45, 7) is 3.86. The highest BCUT2D eigenvalue weighted by atomic mass is 16.3. The lowest BCUT2D eigenvalue weighted by atomic mass is 10.1. The predicted molar refractivity (Wildman–Crippen MR) is 89.7 cm³/mol. The summed E-state index contributed by atoms with van der Waals surface area (Å²) in [6.07, 6.45) is 1.80. The summed E-state index contributed by atoms with van der Waals surface area (Å²) in [5.41, 5.74) is 0.647. The molecule has 0 unspecified atom stereocenters. The van der Waals surface area contributed by atoms with Crippen molar-refractivity contribution in [2.45, 2.75) is 45.6 Å². The van der Waals surface area contributed by atoms with Gasteiger partial charge >= 0.3 is 0 Å². The first-order valence-electron chi connectivity index (χ1n) is 8.37. The first kappa shape index (κ1) is 17.0. The fourth-order valence-electron chi connectivity index (χ4n) is 3.20. The van der Waals surface area contributed by atoms with E-state index in [9.17, 15) is 19.5 Å². The van der Waals surface area contributed by atoms with E-state index in [1.54, 1.807) is 18.2 Å². The number of aliphatic hydroxyl groups is 1. The highest BCUT2D eigenvalue weighted by Crippen LogP contribution is 2.34. The van der Waals surface area contributed by atoms with Crippen LogP contribution < -0.4 is 0 Å². The van der Waals surface area contributed by atoms with Gasteiger partial charge < -0.3 is 5.11 Å². The molecule has 0 fully saturated rings.